The van der Waals surface area contributed by atoms with Crippen LogP contribution in [-0.2, 0) is 6.54 Å². The minimum atomic E-state index is -0.468. The highest BCUT2D eigenvalue weighted by atomic mass is 16.3. The van der Waals surface area contributed by atoms with Gasteiger partial charge in [0.05, 0.1) is 11.9 Å². The van der Waals surface area contributed by atoms with Gasteiger partial charge in [-0.15, -0.1) is 0 Å². The fourth-order valence-corrected chi connectivity index (χ4v) is 2.79. The molecule has 0 bridgehead atoms. The van der Waals surface area contributed by atoms with Gasteiger partial charge in [0, 0.05) is 18.7 Å². The Labute approximate surface area is 103 Å². The Morgan fingerprint density at radius 1 is 1.35 bits per heavy atom. The van der Waals surface area contributed by atoms with Crippen molar-refractivity contribution in [3.05, 3.63) is 23.7 Å². The maximum atomic E-state index is 10.5. The van der Waals surface area contributed by atoms with Crippen LogP contribution in [0.1, 0.15) is 43.4 Å². The Balaban J connectivity index is 1.88. The number of hydrogen-bond donors (Lipinski definition) is 1. The molecule has 3 heteroatoms. The molecule has 1 aliphatic carbocycles. The van der Waals surface area contributed by atoms with Crippen LogP contribution in [0.25, 0.3) is 0 Å². The summed E-state index contributed by atoms with van der Waals surface area (Å²) in [6.07, 6.45) is 7.22. The zero-order valence-electron chi connectivity index (χ0n) is 10.9. The summed E-state index contributed by atoms with van der Waals surface area (Å²) in [5.74, 6) is 0.979. The molecule has 1 heterocycles. The molecular weight excluding hydrogens is 214 g/mol. The summed E-state index contributed by atoms with van der Waals surface area (Å²) in [5, 5.41) is 10.5. The van der Waals surface area contributed by atoms with E-state index in [1.165, 1.54) is 12.0 Å². The molecule has 0 radical (unpaired) electrons. The maximum absolute atomic E-state index is 10.5. The minimum absolute atomic E-state index is 0.468. The number of hydrogen-bond acceptors (Lipinski definition) is 3. The number of nitrogens with zero attached hydrogens (tertiary/aromatic N) is 1. The van der Waals surface area contributed by atoms with E-state index >= 15 is 0 Å². The fraction of sp³-hybridized carbons (Fsp3) is 0.714. The Bertz CT molecular complexity index is 353. The number of likely N-dealkylation sites (N-methyl/N-ethyl adjacent to an activating group) is 1. The largest absolute Gasteiger partial charge is 0.469 e. The first kappa shape index (κ1) is 12.7. The summed E-state index contributed by atoms with van der Waals surface area (Å²) in [4.78, 5) is 2.20. The predicted octanol–water partition coefficient (Wildman–Crippen LogP) is 2.72. The molecule has 0 aromatic carbocycles. The second kappa shape index (κ2) is 5.23. The minimum Gasteiger partial charge on any atom is -0.469 e. The fourth-order valence-electron chi connectivity index (χ4n) is 2.79. The lowest BCUT2D eigenvalue weighted by atomic mass is 9.84. The summed E-state index contributed by atoms with van der Waals surface area (Å²) in [5.41, 5.74) is 0.747. The van der Waals surface area contributed by atoms with Crippen molar-refractivity contribution in [1.82, 2.24) is 4.90 Å². The summed E-state index contributed by atoms with van der Waals surface area (Å²) in [6, 6.07) is 2.01. The molecule has 1 aromatic rings. The molecular formula is C14H23NO2. The highest BCUT2D eigenvalue weighted by molar-refractivity contribution is 5.15. The lowest BCUT2D eigenvalue weighted by Gasteiger charge is -2.35. The van der Waals surface area contributed by atoms with E-state index in [2.05, 4.69) is 11.9 Å². The van der Waals surface area contributed by atoms with E-state index in [-0.39, 0.29) is 0 Å². The Morgan fingerprint density at radius 3 is 2.65 bits per heavy atom. The van der Waals surface area contributed by atoms with Crippen molar-refractivity contribution in [2.24, 2.45) is 0 Å². The molecule has 1 aliphatic rings. The Morgan fingerprint density at radius 2 is 2.06 bits per heavy atom. The molecule has 1 saturated carbocycles. The molecule has 17 heavy (non-hydrogen) atoms. The molecule has 0 spiro atoms. The Kier molecular flexibility index (Phi) is 3.89. The van der Waals surface area contributed by atoms with Crippen molar-refractivity contribution in [2.45, 2.75) is 51.2 Å². The van der Waals surface area contributed by atoms with Crippen LogP contribution in [0.3, 0.4) is 0 Å². The van der Waals surface area contributed by atoms with Gasteiger partial charge in [-0.1, -0.05) is 19.3 Å². The van der Waals surface area contributed by atoms with Crippen LogP contribution >= 0.6 is 0 Å². The summed E-state index contributed by atoms with van der Waals surface area (Å²) in [7, 11) is 2.07. The van der Waals surface area contributed by atoms with Crippen molar-refractivity contribution in [2.75, 3.05) is 13.6 Å². The molecule has 0 unspecified atom stereocenters. The third-order valence-corrected chi connectivity index (χ3v) is 3.76. The maximum Gasteiger partial charge on any atom is 0.105 e. The van der Waals surface area contributed by atoms with Gasteiger partial charge in [0.1, 0.15) is 5.76 Å². The average Bonchev–Trinajstić information content (AvgIpc) is 2.64. The zero-order chi connectivity index (χ0) is 12.3. The zero-order valence-corrected chi connectivity index (χ0v) is 10.9. The lowest BCUT2D eigenvalue weighted by Crippen LogP contribution is -2.42. The first-order chi connectivity index (χ1) is 8.09. The average molecular weight is 237 g/mol. The van der Waals surface area contributed by atoms with Crippen LogP contribution in [0, 0.1) is 6.92 Å². The van der Waals surface area contributed by atoms with Crippen LogP contribution < -0.4 is 0 Å². The van der Waals surface area contributed by atoms with Gasteiger partial charge < -0.3 is 9.52 Å². The number of furan rings is 1. The van der Waals surface area contributed by atoms with Crippen molar-refractivity contribution in [3.8, 4) is 0 Å². The molecule has 0 amide bonds. The molecule has 96 valence electrons. The summed E-state index contributed by atoms with van der Waals surface area (Å²) < 4.78 is 5.29. The van der Waals surface area contributed by atoms with Gasteiger partial charge in [0.2, 0.25) is 0 Å². The number of rotatable bonds is 4. The van der Waals surface area contributed by atoms with Gasteiger partial charge in [-0.2, -0.15) is 0 Å². The van der Waals surface area contributed by atoms with Crippen LogP contribution in [0.4, 0.5) is 0 Å². The highest BCUT2D eigenvalue weighted by Crippen LogP contribution is 2.29. The van der Waals surface area contributed by atoms with Crippen LogP contribution in [0.15, 0.2) is 16.7 Å². The topological polar surface area (TPSA) is 36.6 Å². The molecule has 0 aliphatic heterocycles. The van der Waals surface area contributed by atoms with E-state index in [0.29, 0.717) is 0 Å². The van der Waals surface area contributed by atoms with Gasteiger partial charge in [0.25, 0.3) is 0 Å². The predicted molar refractivity (Wildman–Crippen MR) is 67.8 cm³/mol. The second-order valence-corrected chi connectivity index (χ2v) is 5.46. The van der Waals surface area contributed by atoms with Gasteiger partial charge in [-0.3, -0.25) is 4.90 Å². The van der Waals surface area contributed by atoms with E-state index in [9.17, 15) is 5.11 Å². The molecule has 3 nitrogen and oxygen atoms in total. The van der Waals surface area contributed by atoms with Gasteiger partial charge >= 0.3 is 0 Å². The van der Waals surface area contributed by atoms with Crippen molar-refractivity contribution in [3.63, 3.8) is 0 Å². The number of aryl methyl sites for hydroxylation is 1. The van der Waals surface area contributed by atoms with Gasteiger partial charge in [-0.25, -0.2) is 0 Å². The van der Waals surface area contributed by atoms with Gasteiger partial charge in [-0.05, 0) is 32.9 Å². The number of aliphatic hydroxyl groups is 1. The third-order valence-electron chi connectivity index (χ3n) is 3.76. The molecule has 0 atom stereocenters. The molecule has 1 N–H and O–H groups in total. The first-order valence-electron chi connectivity index (χ1n) is 6.53. The van der Waals surface area contributed by atoms with E-state index in [1.54, 1.807) is 6.26 Å². The molecule has 2 rings (SSSR count). The SMILES string of the molecule is Cc1occc1CN(C)CC1(O)CCCCC1. The quantitative estimate of drug-likeness (QED) is 0.874. The molecule has 0 saturated heterocycles. The van der Waals surface area contributed by atoms with Gasteiger partial charge in [0.15, 0.2) is 0 Å². The monoisotopic (exact) mass is 237 g/mol. The smallest absolute Gasteiger partial charge is 0.105 e. The second-order valence-electron chi connectivity index (χ2n) is 5.46. The molecule has 1 fully saturated rings. The highest BCUT2D eigenvalue weighted by Gasteiger charge is 2.30. The van der Waals surface area contributed by atoms with E-state index in [4.69, 9.17) is 4.42 Å². The van der Waals surface area contributed by atoms with Crippen LogP contribution in [0.2, 0.25) is 0 Å². The van der Waals surface area contributed by atoms with E-state index in [0.717, 1.165) is 44.5 Å². The van der Waals surface area contributed by atoms with Crippen LogP contribution in [0.5, 0.6) is 0 Å². The van der Waals surface area contributed by atoms with Crippen LogP contribution in [-0.4, -0.2) is 29.2 Å². The normalized spacial score (nSPS) is 19.8. The van der Waals surface area contributed by atoms with Crippen molar-refractivity contribution >= 4 is 0 Å². The standard InChI is InChI=1S/C14H23NO2/c1-12-13(6-9-17-12)10-15(2)11-14(16)7-4-3-5-8-14/h6,9,16H,3-5,7-8,10-11H2,1-2H3. The first-order valence-corrected chi connectivity index (χ1v) is 6.53. The molecule has 1 aromatic heterocycles. The van der Waals surface area contributed by atoms with E-state index < -0.39 is 5.60 Å². The van der Waals surface area contributed by atoms with Crippen molar-refractivity contribution < 1.29 is 9.52 Å². The summed E-state index contributed by atoms with van der Waals surface area (Å²) in [6.45, 7) is 3.60. The van der Waals surface area contributed by atoms with Crippen molar-refractivity contribution in [1.29, 1.82) is 0 Å². The third kappa shape index (κ3) is 3.33. The Hall–Kier alpha value is -0.800. The summed E-state index contributed by atoms with van der Waals surface area (Å²) >= 11 is 0. The lowest BCUT2D eigenvalue weighted by molar-refractivity contribution is -0.0224. The van der Waals surface area contributed by atoms with E-state index in [1.807, 2.05) is 13.0 Å².